The summed E-state index contributed by atoms with van der Waals surface area (Å²) < 4.78 is 2.78. The van der Waals surface area contributed by atoms with Gasteiger partial charge in [0.15, 0.2) is 0 Å². The molecule has 0 radical (unpaired) electrons. The van der Waals surface area contributed by atoms with Gasteiger partial charge in [-0.3, -0.25) is 14.9 Å². The number of carbonyl (C=O) groups is 1. The normalized spacial score (nSPS) is 11.4. The second-order valence-corrected chi connectivity index (χ2v) is 4.96. The molecule has 0 aliphatic carbocycles. The first-order chi connectivity index (χ1) is 6.45. The first-order valence-corrected chi connectivity index (χ1v) is 5.22. The largest absolute Gasteiger partial charge is 0.294 e. The van der Waals surface area contributed by atoms with Crippen molar-refractivity contribution in [3.8, 4) is 0 Å². The van der Waals surface area contributed by atoms with Crippen LogP contribution in [0.5, 0.6) is 0 Å². The van der Waals surface area contributed by atoms with E-state index < -0.39 is 5.41 Å². The highest BCUT2D eigenvalue weighted by molar-refractivity contribution is 14.1. The fraction of sp³-hybridized carbons (Fsp3) is 0.500. The molecule has 0 atom stereocenters. The maximum Gasteiger partial charge on any atom is 0.241 e. The van der Waals surface area contributed by atoms with E-state index in [0.29, 0.717) is 6.54 Å². The molecule has 0 saturated carbocycles. The van der Waals surface area contributed by atoms with Crippen LogP contribution in [0.15, 0.2) is 12.4 Å². The number of carbonyl (C=O) groups excluding carboxylic acids is 1. The molecule has 1 aromatic rings. The lowest BCUT2D eigenvalue weighted by Gasteiger charge is -2.21. The van der Waals surface area contributed by atoms with Gasteiger partial charge < -0.3 is 0 Å². The van der Waals surface area contributed by atoms with Gasteiger partial charge in [-0.05, 0) is 36.4 Å². The number of nitrogens with two attached hydrogens (primary N) is 1. The minimum atomic E-state index is -0.552. The molecule has 1 aromatic heterocycles. The van der Waals surface area contributed by atoms with E-state index in [2.05, 4.69) is 33.1 Å². The Morgan fingerprint density at radius 1 is 1.79 bits per heavy atom. The van der Waals surface area contributed by atoms with Crippen molar-refractivity contribution in [2.45, 2.75) is 20.4 Å². The van der Waals surface area contributed by atoms with Crippen molar-refractivity contribution in [2.24, 2.45) is 11.3 Å². The Morgan fingerprint density at radius 2 is 2.43 bits per heavy atom. The van der Waals surface area contributed by atoms with Crippen molar-refractivity contribution in [1.82, 2.24) is 15.2 Å². The summed E-state index contributed by atoms with van der Waals surface area (Å²) in [4.78, 5) is 11.4. The van der Waals surface area contributed by atoms with Gasteiger partial charge in [-0.2, -0.15) is 5.10 Å². The Hall–Kier alpha value is -0.630. The van der Waals surface area contributed by atoms with Crippen molar-refractivity contribution in [3.63, 3.8) is 0 Å². The average Bonchev–Trinajstić information content (AvgIpc) is 2.48. The van der Waals surface area contributed by atoms with Crippen LogP contribution in [0.1, 0.15) is 13.8 Å². The van der Waals surface area contributed by atoms with Gasteiger partial charge in [-0.15, -0.1) is 0 Å². The number of hydrazine groups is 1. The standard InChI is InChI=1S/C8H13IN4O/c1-8(2,7(14)12-10)5-13-4-6(9)3-11-13/h3-4H,5,10H2,1-2H3,(H,12,14). The van der Waals surface area contributed by atoms with Crippen molar-refractivity contribution < 1.29 is 4.79 Å². The van der Waals surface area contributed by atoms with Gasteiger partial charge in [0.1, 0.15) is 0 Å². The van der Waals surface area contributed by atoms with Crippen molar-refractivity contribution in [3.05, 3.63) is 16.0 Å². The molecule has 0 spiro atoms. The number of amides is 1. The maximum absolute atomic E-state index is 11.4. The van der Waals surface area contributed by atoms with E-state index in [1.54, 1.807) is 10.9 Å². The predicted molar refractivity (Wildman–Crippen MR) is 61.1 cm³/mol. The van der Waals surface area contributed by atoms with Gasteiger partial charge in [0.25, 0.3) is 0 Å². The van der Waals surface area contributed by atoms with Gasteiger partial charge in [0.2, 0.25) is 5.91 Å². The van der Waals surface area contributed by atoms with Crippen LogP contribution in [0.25, 0.3) is 0 Å². The summed E-state index contributed by atoms with van der Waals surface area (Å²) in [5.41, 5.74) is 1.60. The number of nitrogens with zero attached hydrogens (tertiary/aromatic N) is 2. The van der Waals surface area contributed by atoms with Crippen LogP contribution in [0.3, 0.4) is 0 Å². The molecule has 3 N–H and O–H groups in total. The number of rotatable bonds is 3. The molecule has 0 bridgehead atoms. The summed E-state index contributed by atoms with van der Waals surface area (Å²) in [6, 6.07) is 0. The zero-order chi connectivity index (χ0) is 10.8. The number of halogens is 1. The maximum atomic E-state index is 11.4. The van der Waals surface area contributed by atoms with E-state index in [9.17, 15) is 4.79 Å². The molecule has 6 heteroatoms. The van der Waals surface area contributed by atoms with Crippen LogP contribution in [0.2, 0.25) is 0 Å². The molecule has 0 unspecified atom stereocenters. The van der Waals surface area contributed by atoms with Crippen LogP contribution >= 0.6 is 22.6 Å². The Bertz CT molecular complexity index is 334. The highest BCUT2D eigenvalue weighted by Crippen LogP contribution is 2.17. The van der Waals surface area contributed by atoms with Crippen molar-refractivity contribution in [2.75, 3.05) is 0 Å². The summed E-state index contributed by atoms with van der Waals surface area (Å²) in [5, 5.41) is 4.11. The summed E-state index contributed by atoms with van der Waals surface area (Å²) >= 11 is 2.17. The topological polar surface area (TPSA) is 72.9 Å². The average molecular weight is 308 g/mol. The third kappa shape index (κ3) is 2.68. The quantitative estimate of drug-likeness (QED) is 0.370. The van der Waals surface area contributed by atoms with Crippen LogP contribution in [0.4, 0.5) is 0 Å². The zero-order valence-electron chi connectivity index (χ0n) is 8.12. The summed E-state index contributed by atoms with van der Waals surface area (Å²) in [6.07, 6.45) is 3.63. The van der Waals surface area contributed by atoms with Gasteiger partial charge in [0.05, 0.1) is 21.7 Å². The lowest BCUT2D eigenvalue weighted by Crippen LogP contribution is -2.43. The fourth-order valence-electron chi connectivity index (χ4n) is 1.10. The molecule has 0 fully saturated rings. The lowest BCUT2D eigenvalue weighted by molar-refractivity contribution is -0.130. The SMILES string of the molecule is CC(C)(Cn1cc(I)cn1)C(=O)NN. The van der Waals surface area contributed by atoms with Gasteiger partial charge in [-0.1, -0.05) is 0 Å². The highest BCUT2D eigenvalue weighted by atomic mass is 127. The third-order valence-corrected chi connectivity index (χ3v) is 2.46. The first-order valence-electron chi connectivity index (χ1n) is 4.15. The summed E-state index contributed by atoms with van der Waals surface area (Å²) in [5.74, 6) is 4.89. The molecule has 5 nitrogen and oxygen atoms in total. The monoisotopic (exact) mass is 308 g/mol. The van der Waals surface area contributed by atoms with Crippen LogP contribution in [-0.2, 0) is 11.3 Å². The molecule has 1 amide bonds. The molecule has 78 valence electrons. The summed E-state index contributed by atoms with van der Waals surface area (Å²) in [6.45, 7) is 4.16. The molecule has 0 aromatic carbocycles. The van der Waals surface area contributed by atoms with Crippen LogP contribution in [-0.4, -0.2) is 15.7 Å². The van der Waals surface area contributed by atoms with E-state index in [1.807, 2.05) is 20.0 Å². The number of hydrogen-bond acceptors (Lipinski definition) is 3. The Morgan fingerprint density at radius 3 is 2.86 bits per heavy atom. The second kappa shape index (κ2) is 4.26. The third-order valence-electron chi connectivity index (χ3n) is 1.90. The minimum Gasteiger partial charge on any atom is -0.294 e. The van der Waals surface area contributed by atoms with E-state index >= 15 is 0 Å². The number of aromatic nitrogens is 2. The highest BCUT2D eigenvalue weighted by Gasteiger charge is 2.27. The Kier molecular flexibility index (Phi) is 3.48. The lowest BCUT2D eigenvalue weighted by atomic mass is 9.93. The summed E-state index contributed by atoms with van der Waals surface area (Å²) in [7, 11) is 0. The Balaban J connectivity index is 2.72. The molecular formula is C8H13IN4O. The van der Waals surface area contributed by atoms with E-state index in [-0.39, 0.29) is 5.91 Å². The van der Waals surface area contributed by atoms with E-state index in [4.69, 9.17) is 5.84 Å². The number of nitrogens with one attached hydrogen (secondary N) is 1. The zero-order valence-corrected chi connectivity index (χ0v) is 10.3. The number of hydrogen-bond donors (Lipinski definition) is 2. The van der Waals surface area contributed by atoms with Crippen LogP contribution in [0, 0.1) is 8.99 Å². The van der Waals surface area contributed by atoms with Gasteiger partial charge >= 0.3 is 0 Å². The second-order valence-electron chi connectivity index (χ2n) is 3.71. The first kappa shape index (κ1) is 11.4. The molecule has 0 aliphatic rings. The smallest absolute Gasteiger partial charge is 0.241 e. The van der Waals surface area contributed by atoms with Crippen molar-refractivity contribution >= 4 is 28.5 Å². The molecular weight excluding hydrogens is 295 g/mol. The fourth-order valence-corrected chi connectivity index (χ4v) is 1.54. The van der Waals surface area contributed by atoms with Crippen molar-refractivity contribution in [1.29, 1.82) is 0 Å². The molecule has 1 heterocycles. The van der Waals surface area contributed by atoms with Crippen LogP contribution < -0.4 is 11.3 Å². The molecule has 1 rings (SSSR count). The molecule has 0 saturated heterocycles. The van der Waals surface area contributed by atoms with Gasteiger partial charge in [0, 0.05) is 6.20 Å². The predicted octanol–water partition coefficient (Wildman–Crippen LogP) is 0.504. The minimum absolute atomic E-state index is 0.192. The molecule has 14 heavy (non-hydrogen) atoms. The van der Waals surface area contributed by atoms with E-state index in [1.165, 1.54) is 0 Å². The van der Waals surface area contributed by atoms with Gasteiger partial charge in [-0.25, -0.2) is 5.84 Å². The Labute approximate surface area is 96.1 Å². The molecule has 0 aliphatic heterocycles. The van der Waals surface area contributed by atoms with E-state index in [0.717, 1.165) is 3.57 Å².